The number of rotatable bonds is 4. The van der Waals surface area contributed by atoms with Gasteiger partial charge in [-0.3, -0.25) is 4.79 Å². The van der Waals surface area contributed by atoms with Crippen LogP contribution < -0.4 is 15.8 Å². The van der Waals surface area contributed by atoms with Gasteiger partial charge >= 0.3 is 0 Å². The second-order valence-corrected chi connectivity index (χ2v) is 6.05. The Bertz CT molecular complexity index is 749. The van der Waals surface area contributed by atoms with Crippen molar-refractivity contribution >= 4 is 11.4 Å². The Hall–Kier alpha value is -2.34. The molecule has 6 nitrogen and oxygen atoms in total. The summed E-state index contributed by atoms with van der Waals surface area (Å²) in [5.74, 6) is 0. The van der Waals surface area contributed by atoms with Crippen molar-refractivity contribution in [2.45, 2.75) is 19.9 Å². The number of nitrogens with zero attached hydrogens (tertiary/aromatic N) is 3. The molecule has 0 radical (unpaired) electrons. The SMILES string of the molecule is Cc1c(NCc2ccccc2N2CCCOCC2)cnn(C)c1=O. The van der Waals surface area contributed by atoms with Crippen LogP contribution in [0.4, 0.5) is 11.4 Å². The van der Waals surface area contributed by atoms with Gasteiger partial charge in [-0.05, 0) is 25.0 Å². The molecule has 0 unspecified atom stereocenters. The highest BCUT2D eigenvalue weighted by molar-refractivity contribution is 5.56. The molecule has 0 aliphatic carbocycles. The lowest BCUT2D eigenvalue weighted by Gasteiger charge is -2.25. The molecule has 1 aliphatic rings. The predicted octanol–water partition coefficient (Wildman–Crippen LogP) is 1.93. The van der Waals surface area contributed by atoms with Crippen molar-refractivity contribution in [3.05, 3.63) is 51.9 Å². The number of aryl methyl sites for hydroxylation is 1. The van der Waals surface area contributed by atoms with E-state index in [4.69, 9.17) is 4.74 Å². The highest BCUT2D eigenvalue weighted by atomic mass is 16.5. The zero-order chi connectivity index (χ0) is 16.9. The lowest BCUT2D eigenvalue weighted by Crippen LogP contribution is -2.27. The summed E-state index contributed by atoms with van der Waals surface area (Å²) in [6.45, 7) is 5.98. The monoisotopic (exact) mass is 328 g/mol. The maximum Gasteiger partial charge on any atom is 0.271 e. The van der Waals surface area contributed by atoms with Gasteiger partial charge in [0.1, 0.15) is 0 Å². The Kier molecular flexibility index (Phi) is 5.15. The second kappa shape index (κ2) is 7.49. The van der Waals surface area contributed by atoms with Gasteiger partial charge in [0.2, 0.25) is 0 Å². The Morgan fingerprint density at radius 2 is 2.08 bits per heavy atom. The minimum Gasteiger partial charge on any atom is -0.380 e. The Balaban J connectivity index is 1.78. The summed E-state index contributed by atoms with van der Waals surface area (Å²) in [7, 11) is 1.66. The first-order valence-electron chi connectivity index (χ1n) is 8.34. The van der Waals surface area contributed by atoms with Crippen molar-refractivity contribution in [3.8, 4) is 0 Å². The lowest BCUT2D eigenvalue weighted by molar-refractivity contribution is 0.152. The Labute approximate surface area is 142 Å². The molecule has 1 fully saturated rings. The summed E-state index contributed by atoms with van der Waals surface area (Å²) < 4.78 is 6.91. The predicted molar refractivity (Wildman–Crippen MR) is 95.6 cm³/mol. The molecule has 3 rings (SSSR count). The molecule has 1 saturated heterocycles. The Morgan fingerprint density at radius 1 is 1.25 bits per heavy atom. The van der Waals surface area contributed by atoms with Crippen molar-refractivity contribution in [1.82, 2.24) is 9.78 Å². The molecule has 1 aliphatic heterocycles. The number of hydrogen-bond acceptors (Lipinski definition) is 5. The topological polar surface area (TPSA) is 59.4 Å². The summed E-state index contributed by atoms with van der Waals surface area (Å²) in [5.41, 5.74) is 3.84. The molecule has 1 aromatic carbocycles. The van der Waals surface area contributed by atoms with E-state index < -0.39 is 0 Å². The molecule has 2 heterocycles. The van der Waals surface area contributed by atoms with Gasteiger partial charge in [-0.25, -0.2) is 4.68 Å². The molecule has 0 saturated carbocycles. The summed E-state index contributed by atoms with van der Waals surface area (Å²) in [5, 5.41) is 7.45. The molecule has 6 heteroatoms. The van der Waals surface area contributed by atoms with Crippen molar-refractivity contribution in [2.75, 3.05) is 36.5 Å². The molecule has 24 heavy (non-hydrogen) atoms. The van der Waals surface area contributed by atoms with Gasteiger partial charge in [0, 0.05) is 44.5 Å². The van der Waals surface area contributed by atoms with Crippen molar-refractivity contribution in [2.24, 2.45) is 7.05 Å². The molecule has 1 N–H and O–H groups in total. The first-order chi connectivity index (χ1) is 11.7. The van der Waals surface area contributed by atoms with Gasteiger partial charge in [-0.2, -0.15) is 5.10 Å². The molecular formula is C18H24N4O2. The van der Waals surface area contributed by atoms with Gasteiger partial charge in [0.25, 0.3) is 5.56 Å². The number of anilines is 2. The fraction of sp³-hybridized carbons (Fsp3) is 0.444. The largest absolute Gasteiger partial charge is 0.380 e. The molecule has 0 spiro atoms. The average molecular weight is 328 g/mol. The third-order valence-corrected chi connectivity index (χ3v) is 4.40. The van der Waals surface area contributed by atoms with Gasteiger partial charge in [0.05, 0.1) is 18.5 Å². The van der Waals surface area contributed by atoms with E-state index in [1.54, 1.807) is 13.2 Å². The van der Waals surface area contributed by atoms with Crippen LogP contribution in [-0.2, 0) is 18.3 Å². The number of hydrogen-bond donors (Lipinski definition) is 1. The molecular weight excluding hydrogens is 304 g/mol. The minimum atomic E-state index is -0.0713. The van der Waals surface area contributed by atoms with E-state index >= 15 is 0 Å². The normalized spacial score (nSPS) is 15.2. The number of benzene rings is 1. The van der Waals surface area contributed by atoms with Crippen LogP contribution in [0.25, 0.3) is 0 Å². The van der Waals surface area contributed by atoms with Gasteiger partial charge in [0.15, 0.2) is 0 Å². The highest BCUT2D eigenvalue weighted by Gasteiger charge is 2.13. The number of para-hydroxylation sites is 1. The number of ether oxygens (including phenoxy) is 1. The molecule has 1 aromatic heterocycles. The van der Waals surface area contributed by atoms with Crippen LogP contribution in [0.3, 0.4) is 0 Å². The molecule has 128 valence electrons. The molecule has 0 bridgehead atoms. The average Bonchev–Trinajstić information content (AvgIpc) is 2.89. The van der Waals surface area contributed by atoms with Crippen LogP contribution >= 0.6 is 0 Å². The zero-order valence-corrected chi connectivity index (χ0v) is 14.3. The quantitative estimate of drug-likeness (QED) is 0.929. The standard InChI is InChI=1S/C18H24N4O2/c1-14-16(13-20-21(2)18(14)23)19-12-15-6-3-4-7-17(15)22-8-5-10-24-11-9-22/h3-4,6-7,13,19H,5,8-12H2,1-2H3. The Morgan fingerprint density at radius 3 is 2.96 bits per heavy atom. The van der Waals surface area contributed by atoms with E-state index in [2.05, 4.69) is 33.5 Å². The van der Waals surface area contributed by atoms with Crippen LogP contribution in [0.1, 0.15) is 17.5 Å². The third-order valence-electron chi connectivity index (χ3n) is 4.40. The summed E-state index contributed by atoms with van der Waals surface area (Å²) in [4.78, 5) is 14.4. The van der Waals surface area contributed by atoms with Gasteiger partial charge in [-0.1, -0.05) is 18.2 Å². The highest BCUT2D eigenvalue weighted by Crippen LogP contribution is 2.23. The third kappa shape index (κ3) is 3.59. The van der Waals surface area contributed by atoms with Crippen LogP contribution in [-0.4, -0.2) is 36.1 Å². The van der Waals surface area contributed by atoms with E-state index in [9.17, 15) is 4.79 Å². The maximum atomic E-state index is 12.0. The van der Waals surface area contributed by atoms with E-state index in [1.165, 1.54) is 15.9 Å². The summed E-state index contributed by atoms with van der Waals surface area (Å²) >= 11 is 0. The lowest BCUT2D eigenvalue weighted by atomic mass is 10.1. The molecule has 2 aromatic rings. The fourth-order valence-electron chi connectivity index (χ4n) is 2.98. The van der Waals surface area contributed by atoms with E-state index in [0.29, 0.717) is 12.1 Å². The number of nitrogens with one attached hydrogen (secondary N) is 1. The zero-order valence-electron chi connectivity index (χ0n) is 14.3. The van der Waals surface area contributed by atoms with Crippen LogP contribution in [0.15, 0.2) is 35.3 Å². The minimum absolute atomic E-state index is 0.0713. The van der Waals surface area contributed by atoms with Gasteiger partial charge in [-0.15, -0.1) is 0 Å². The fourth-order valence-corrected chi connectivity index (χ4v) is 2.98. The first-order valence-corrected chi connectivity index (χ1v) is 8.34. The van der Waals surface area contributed by atoms with Crippen LogP contribution in [0.2, 0.25) is 0 Å². The van der Waals surface area contributed by atoms with E-state index in [0.717, 1.165) is 38.4 Å². The van der Waals surface area contributed by atoms with Crippen molar-refractivity contribution in [1.29, 1.82) is 0 Å². The van der Waals surface area contributed by atoms with E-state index in [-0.39, 0.29) is 5.56 Å². The smallest absolute Gasteiger partial charge is 0.271 e. The maximum absolute atomic E-state index is 12.0. The summed E-state index contributed by atoms with van der Waals surface area (Å²) in [6.07, 6.45) is 2.75. The van der Waals surface area contributed by atoms with Crippen molar-refractivity contribution in [3.63, 3.8) is 0 Å². The second-order valence-electron chi connectivity index (χ2n) is 6.05. The van der Waals surface area contributed by atoms with Crippen molar-refractivity contribution < 1.29 is 4.74 Å². The molecule has 0 amide bonds. The summed E-state index contributed by atoms with van der Waals surface area (Å²) in [6, 6.07) is 8.38. The first kappa shape index (κ1) is 16.5. The van der Waals surface area contributed by atoms with E-state index in [1.807, 2.05) is 13.0 Å². The number of aromatic nitrogens is 2. The van der Waals surface area contributed by atoms with Gasteiger partial charge < -0.3 is 15.0 Å². The van der Waals surface area contributed by atoms with Crippen LogP contribution in [0, 0.1) is 6.92 Å². The van der Waals surface area contributed by atoms with Crippen LogP contribution in [0.5, 0.6) is 0 Å². The molecule has 0 atom stereocenters.